The number of carbonyl (C=O) groups is 1. The lowest BCUT2D eigenvalue weighted by molar-refractivity contribution is -0.136. The molecule has 0 bridgehead atoms. The Morgan fingerprint density at radius 2 is 1.94 bits per heavy atom. The van der Waals surface area contributed by atoms with E-state index in [2.05, 4.69) is 25.9 Å². The van der Waals surface area contributed by atoms with Crippen LogP contribution in [0.25, 0.3) is 11.1 Å². The molecule has 5 rings (SSSR count). The summed E-state index contributed by atoms with van der Waals surface area (Å²) in [6.45, 7) is 2.00. The summed E-state index contributed by atoms with van der Waals surface area (Å²) < 4.78 is 42.7. The molecule has 0 radical (unpaired) electrons. The zero-order valence-electron chi connectivity index (χ0n) is 19.1. The number of rotatable bonds is 6. The molecule has 2 heterocycles. The maximum atomic E-state index is 13.4. The number of nitrogens with zero attached hydrogens (tertiary/aromatic N) is 3. The van der Waals surface area contributed by atoms with E-state index in [1.807, 2.05) is 43.3 Å². The van der Waals surface area contributed by atoms with E-state index in [-0.39, 0.29) is 24.8 Å². The van der Waals surface area contributed by atoms with Crippen molar-refractivity contribution in [3.8, 4) is 5.75 Å². The maximum Gasteiger partial charge on any atom is 0.389 e. The fraction of sp³-hybridized carbons (Fsp3) is 0.360. The molecule has 1 spiro atoms. The fourth-order valence-corrected chi connectivity index (χ4v) is 4.95. The van der Waals surface area contributed by atoms with Gasteiger partial charge in [0.25, 0.3) is 5.91 Å². The molecule has 7 nitrogen and oxygen atoms in total. The number of hydrogen-bond acceptors (Lipinski definition) is 5. The first-order valence-electron chi connectivity index (χ1n) is 11.4. The number of fused-ring (bicyclic) bond motifs is 2. The van der Waals surface area contributed by atoms with Crippen LogP contribution in [0.15, 0.2) is 42.5 Å². The molecule has 35 heavy (non-hydrogen) atoms. The van der Waals surface area contributed by atoms with Crippen molar-refractivity contribution in [2.24, 2.45) is 0 Å². The highest BCUT2D eigenvalue weighted by molar-refractivity contribution is 6.27. The van der Waals surface area contributed by atoms with Crippen molar-refractivity contribution < 1.29 is 22.7 Å². The molecule has 2 aliphatic rings. The third kappa shape index (κ3) is 4.65. The van der Waals surface area contributed by atoms with Crippen LogP contribution in [-0.2, 0) is 16.8 Å². The zero-order valence-corrected chi connectivity index (χ0v) is 19.1. The number of aryl methyl sites for hydroxylation is 2. The molecule has 2 aromatic carbocycles. The Hall–Kier alpha value is -3.69. The number of halogens is 3. The third-order valence-corrected chi connectivity index (χ3v) is 6.62. The van der Waals surface area contributed by atoms with Gasteiger partial charge in [-0.3, -0.25) is 4.79 Å². The van der Waals surface area contributed by atoms with E-state index in [0.29, 0.717) is 30.6 Å². The summed E-state index contributed by atoms with van der Waals surface area (Å²) in [5, 5.41) is 17.4. The van der Waals surface area contributed by atoms with E-state index >= 15 is 0 Å². The normalized spacial score (nSPS) is 19.7. The van der Waals surface area contributed by atoms with E-state index < -0.39 is 18.1 Å². The summed E-state index contributed by atoms with van der Waals surface area (Å²) in [4.78, 5) is 13.4. The van der Waals surface area contributed by atoms with Gasteiger partial charge in [0.1, 0.15) is 5.75 Å². The first-order valence-corrected chi connectivity index (χ1v) is 11.4. The summed E-state index contributed by atoms with van der Waals surface area (Å²) in [7, 11) is 0. The molecule has 10 heteroatoms. The van der Waals surface area contributed by atoms with Crippen molar-refractivity contribution in [2.45, 2.75) is 50.7 Å². The fourth-order valence-electron chi connectivity index (χ4n) is 4.95. The van der Waals surface area contributed by atoms with Gasteiger partial charge >= 0.3 is 6.18 Å². The number of carbonyl (C=O) groups excluding carboxylic acids is 1. The molecular weight excluding hydrogens is 459 g/mol. The molecule has 0 fully saturated rings. The van der Waals surface area contributed by atoms with Crippen molar-refractivity contribution in [1.29, 1.82) is 0 Å². The van der Waals surface area contributed by atoms with Crippen LogP contribution in [0, 0.1) is 6.92 Å². The van der Waals surface area contributed by atoms with Crippen LogP contribution in [0.5, 0.6) is 5.75 Å². The highest BCUT2D eigenvalue weighted by atomic mass is 19.4. The second kappa shape index (κ2) is 8.83. The van der Waals surface area contributed by atoms with Crippen molar-refractivity contribution in [2.75, 3.05) is 6.61 Å². The highest BCUT2D eigenvalue weighted by Gasteiger charge is 2.46. The predicted molar refractivity (Wildman–Crippen MR) is 122 cm³/mol. The Morgan fingerprint density at radius 1 is 1.14 bits per heavy atom. The summed E-state index contributed by atoms with van der Waals surface area (Å²) >= 11 is 0. The molecule has 182 valence electrons. The average Bonchev–Trinajstić information content (AvgIpc) is 3.45. The second-order valence-corrected chi connectivity index (χ2v) is 9.05. The SMILES string of the molecule is Cc1ccc(C2=C(c3nn[nH]n3)C(=O)N[C@@]3(CCc4cc(OCCCC(F)(F)F)ccc43)C2)cc1. The van der Waals surface area contributed by atoms with Gasteiger partial charge < -0.3 is 10.1 Å². The van der Waals surface area contributed by atoms with E-state index in [1.165, 1.54) is 0 Å². The number of alkyl halides is 3. The average molecular weight is 483 g/mol. The lowest BCUT2D eigenvalue weighted by Crippen LogP contribution is -2.48. The number of hydrogen-bond donors (Lipinski definition) is 2. The van der Waals surface area contributed by atoms with E-state index in [4.69, 9.17) is 4.74 Å². The molecule has 1 amide bonds. The number of ether oxygens (including phenoxy) is 1. The number of aromatic amines is 1. The Kier molecular flexibility index (Phi) is 5.82. The van der Waals surface area contributed by atoms with Gasteiger partial charge in [0.15, 0.2) is 0 Å². The van der Waals surface area contributed by atoms with Crippen LogP contribution in [0.3, 0.4) is 0 Å². The standard InChI is InChI=1S/C25H24F3N5O2/c1-15-3-5-16(6-4-15)19-14-24(29-23(34)21(19)22-30-32-33-31-22)11-9-17-13-18(7-8-20(17)24)35-12-2-10-25(26,27)28/h3-8,13H,2,9-12,14H2,1H3,(H,29,34)(H,30,31,32,33)/t24-/m0/s1. The van der Waals surface area contributed by atoms with Crippen molar-refractivity contribution >= 4 is 17.1 Å². The Balaban J connectivity index is 1.44. The summed E-state index contributed by atoms with van der Waals surface area (Å²) in [6, 6.07) is 13.5. The molecule has 0 saturated heterocycles. The molecule has 2 N–H and O–H groups in total. The van der Waals surface area contributed by atoms with Gasteiger partial charge in [-0.2, -0.15) is 18.4 Å². The summed E-state index contributed by atoms with van der Waals surface area (Å²) in [5.74, 6) is 0.509. The Bertz CT molecular complexity index is 1270. The van der Waals surface area contributed by atoms with Gasteiger partial charge in [-0.25, -0.2) is 0 Å². The Morgan fingerprint density at radius 3 is 2.66 bits per heavy atom. The predicted octanol–water partition coefficient (Wildman–Crippen LogP) is 4.50. The van der Waals surface area contributed by atoms with Gasteiger partial charge in [-0.05, 0) is 65.8 Å². The van der Waals surface area contributed by atoms with Crippen molar-refractivity contribution in [1.82, 2.24) is 25.9 Å². The van der Waals surface area contributed by atoms with Gasteiger partial charge in [0, 0.05) is 12.8 Å². The minimum absolute atomic E-state index is 0.00541. The van der Waals surface area contributed by atoms with Gasteiger partial charge in [-0.15, -0.1) is 10.2 Å². The lowest BCUT2D eigenvalue weighted by Gasteiger charge is -2.37. The van der Waals surface area contributed by atoms with Crippen LogP contribution in [0.1, 0.15) is 53.8 Å². The summed E-state index contributed by atoms with van der Waals surface area (Å²) in [6.07, 6.45) is -3.19. The quantitative estimate of drug-likeness (QED) is 0.504. The van der Waals surface area contributed by atoms with Crippen LogP contribution < -0.4 is 10.1 Å². The molecule has 3 aromatic rings. The minimum Gasteiger partial charge on any atom is -0.494 e. The number of H-pyrrole nitrogens is 1. The third-order valence-electron chi connectivity index (χ3n) is 6.62. The van der Waals surface area contributed by atoms with Gasteiger partial charge in [0.05, 0.1) is 17.7 Å². The van der Waals surface area contributed by atoms with Crippen LogP contribution in [0.2, 0.25) is 0 Å². The smallest absolute Gasteiger partial charge is 0.389 e. The minimum atomic E-state index is -4.18. The topological polar surface area (TPSA) is 92.8 Å². The lowest BCUT2D eigenvalue weighted by atomic mass is 9.77. The largest absolute Gasteiger partial charge is 0.494 e. The molecule has 0 saturated carbocycles. The molecule has 1 aliphatic heterocycles. The van der Waals surface area contributed by atoms with Crippen molar-refractivity contribution in [3.63, 3.8) is 0 Å². The van der Waals surface area contributed by atoms with Gasteiger partial charge in [-0.1, -0.05) is 35.9 Å². The first kappa shape index (κ1) is 23.1. The number of aromatic nitrogens is 4. The molecular formula is C25H24F3N5O2. The van der Waals surface area contributed by atoms with Gasteiger partial charge in [0.2, 0.25) is 5.82 Å². The molecule has 1 aromatic heterocycles. The second-order valence-electron chi connectivity index (χ2n) is 9.05. The number of benzene rings is 2. The van der Waals surface area contributed by atoms with Crippen LogP contribution in [-0.4, -0.2) is 39.3 Å². The van der Waals surface area contributed by atoms with Crippen LogP contribution >= 0.6 is 0 Å². The zero-order chi connectivity index (χ0) is 24.6. The van der Waals surface area contributed by atoms with E-state index in [1.54, 1.807) is 6.07 Å². The molecule has 1 atom stereocenters. The molecule has 1 aliphatic carbocycles. The maximum absolute atomic E-state index is 13.4. The van der Waals surface area contributed by atoms with E-state index in [9.17, 15) is 18.0 Å². The van der Waals surface area contributed by atoms with Crippen LogP contribution in [0.4, 0.5) is 13.2 Å². The first-order chi connectivity index (χ1) is 16.7. The number of nitrogens with one attached hydrogen (secondary N) is 2. The van der Waals surface area contributed by atoms with Crippen molar-refractivity contribution in [3.05, 3.63) is 70.5 Å². The summed E-state index contributed by atoms with van der Waals surface area (Å²) in [5.41, 5.74) is 4.67. The Labute approximate surface area is 199 Å². The highest BCUT2D eigenvalue weighted by Crippen LogP contribution is 2.48. The molecule has 0 unspecified atom stereocenters. The monoisotopic (exact) mass is 483 g/mol. The van der Waals surface area contributed by atoms with E-state index in [0.717, 1.165) is 27.8 Å². The number of amides is 1. The number of tetrazole rings is 1.